The Labute approximate surface area is 151 Å². The van der Waals surface area contributed by atoms with Crippen LogP contribution in [0.4, 0.5) is 11.6 Å². The van der Waals surface area contributed by atoms with Gasteiger partial charge in [-0.2, -0.15) is 0 Å². The van der Waals surface area contributed by atoms with Gasteiger partial charge in [-0.1, -0.05) is 30.3 Å². The fraction of sp³-hybridized carbons (Fsp3) is 0.176. The molecule has 1 unspecified atom stereocenters. The van der Waals surface area contributed by atoms with E-state index in [4.69, 9.17) is 12.2 Å². The molecule has 9 heteroatoms. The number of hydrogen-bond donors (Lipinski definition) is 3. The first-order valence-electron chi connectivity index (χ1n) is 7.88. The molecule has 8 nitrogen and oxygen atoms in total. The first kappa shape index (κ1) is 16.3. The van der Waals surface area contributed by atoms with Crippen LogP contribution in [0.5, 0.6) is 0 Å². The third-order valence-corrected chi connectivity index (χ3v) is 4.84. The summed E-state index contributed by atoms with van der Waals surface area (Å²) in [4.78, 5) is 43.4. The predicted molar refractivity (Wildman–Crippen MR) is 99.8 cm³/mol. The number of nitrogens with zero attached hydrogens (tertiary/aromatic N) is 2. The molecule has 132 valence electrons. The molecular formula is C17H15N5O3S. The lowest BCUT2D eigenvalue weighted by Gasteiger charge is -2.29. The van der Waals surface area contributed by atoms with Gasteiger partial charge in [-0.15, -0.1) is 0 Å². The SMILES string of the molecule is Cn1c2c(c(=O)n(C)c1=O)C(c1ccccc1)c1c([nH]c(=S)[nH]c1=O)N2. The Balaban J connectivity index is 2.19. The first-order chi connectivity index (χ1) is 12.4. The van der Waals surface area contributed by atoms with Crippen molar-refractivity contribution in [3.05, 3.63) is 83.0 Å². The average Bonchev–Trinajstić information content (AvgIpc) is 2.63. The highest BCUT2D eigenvalue weighted by Crippen LogP contribution is 2.39. The van der Waals surface area contributed by atoms with Gasteiger partial charge in [-0.05, 0) is 17.8 Å². The Morgan fingerprint density at radius 2 is 1.65 bits per heavy atom. The molecule has 0 saturated heterocycles. The van der Waals surface area contributed by atoms with Crippen LogP contribution in [0, 0.1) is 4.77 Å². The van der Waals surface area contributed by atoms with Gasteiger partial charge < -0.3 is 10.3 Å². The second-order valence-corrected chi connectivity index (χ2v) is 6.54. The molecule has 0 radical (unpaired) electrons. The molecule has 3 N–H and O–H groups in total. The van der Waals surface area contributed by atoms with Crippen molar-refractivity contribution in [2.45, 2.75) is 5.92 Å². The molecule has 0 amide bonds. The molecule has 0 fully saturated rings. The van der Waals surface area contributed by atoms with E-state index in [1.807, 2.05) is 30.3 Å². The van der Waals surface area contributed by atoms with Crippen LogP contribution >= 0.6 is 12.2 Å². The van der Waals surface area contributed by atoms with Gasteiger partial charge in [-0.25, -0.2) is 4.79 Å². The lowest BCUT2D eigenvalue weighted by Crippen LogP contribution is -2.43. The topological polar surface area (TPSA) is 105 Å². The zero-order chi connectivity index (χ0) is 18.6. The monoisotopic (exact) mass is 369 g/mol. The lowest BCUT2D eigenvalue weighted by atomic mass is 9.84. The number of nitrogens with one attached hydrogen (secondary N) is 3. The molecule has 1 aliphatic rings. The molecular weight excluding hydrogens is 354 g/mol. The number of rotatable bonds is 1. The highest BCUT2D eigenvalue weighted by atomic mass is 32.1. The number of benzene rings is 1. The van der Waals surface area contributed by atoms with Crippen molar-refractivity contribution in [1.82, 2.24) is 19.1 Å². The van der Waals surface area contributed by atoms with Crippen LogP contribution < -0.4 is 22.1 Å². The van der Waals surface area contributed by atoms with Crippen molar-refractivity contribution in [1.29, 1.82) is 0 Å². The lowest BCUT2D eigenvalue weighted by molar-refractivity contribution is 0.664. The van der Waals surface area contributed by atoms with E-state index in [1.165, 1.54) is 11.6 Å². The third-order valence-electron chi connectivity index (χ3n) is 4.63. The second-order valence-electron chi connectivity index (χ2n) is 6.13. The van der Waals surface area contributed by atoms with Crippen molar-refractivity contribution >= 4 is 23.9 Å². The summed E-state index contributed by atoms with van der Waals surface area (Å²) in [5.41, 5.74) is 0.171. The number of hydrogen-bond acceptors (Lipinski definition) is 5. The van der Waals surface area contributed by atoms with E-state index in [2.05, 4.69) is 15.3 Å². The molecule has 4 rings (SSSR count). The minimum Gasteiger partial charge on any atom is -0.327 e. The van der Waals surface area contributed by atoms with Crippen molar-refractivity contribution in [3.63, 3.8) is 0 Å². The largest absolute Gasteiger partial charge is 0.332 e. The summed E-state index contributed by atoms with van der Waals surface area (Å²) in [6, 6.07) is 9.21. The molecule has 3 heterocycles. The molecule has 1 aromatic carbocycles. The van der Waals surface area contributed by atoms with E-state index >= 15 is 0 Å². The zero-order valence-electron chi connectivity index (χ0n) is 14.0. The maximum absolute atomic E-state index is 12.9. The summed E-state index contributed by atoms with van der Waals surface area (Å²) in [5, 5.41) is 3.01. The first-order valence-corrected chi connectivity index (χ1v) is 8.29. The van der Waals surface area contributed by atoms with Gasteiger partial charge >= 0.3 is 5.69 Å². The van der Waals surface area contributed by atoms with Gasteiger partial charge in [0.25, 0.3) is 11.1 Å². The molecule has 0 saturated carbocycles. The smallest absolute Gasteiger partial charge is 0.327 e. The highest BCUT2D eigenvalue weighted by Gasteiger charge is 2.35. The molecule has 1 atom stereocenters. The molecule has 26 heavy (non-hydrogen) atoms. The van der Waals surface area contributed by atoms with Crippen molar-refractivity contribution < 1.29 is 0 Å². The van der Waals surface area contributed by atoms with E-state index in [1.54, 1.807) is 7.05 Å². The summed E-state index contributed by atoms with van der Waals surface area (Å²) in [5.74, 6) is 0.0857. The standard InChI is InChI=1S/C17H15N5O3S/c1-21-13-11(15(24)22(2)17(21)25)9(8-6-4-3-5-7-8)10-12(18-13)19-16(26)20-14(10)23/h3-7,9H,1-2H3,(H3,18,19,20,23,26). The Bertz CT molecular complexity index is 1270. The fourth-order valence-electron chi connectivity index (χ4n) is 3.39. The Morgan fingerprint density at radius 1 is 0.962 bits per heavy atom. The molecule has 0 aliphatic carbocycles. The Morgan fingerprint density at radius 3 is 2.35 bits per heavy atom. The van der Waals surface area contributed by atoms with E-state index in [-0.39, 0.29) is 10.3 Å². The number of H-pyrrole nitrogens is 2. The van der Waals surface area contributed by atoms with E-state index in [9.17, 15) is 14.4 Å². The van der Waals surface area contributed by atoms with Crippen LogP contribution in [0.25, 0.3) is 0 Å². The number of anilines is 2. The van der Waals surface area contributed by atoms with Gasteiger partial charge in [-0.3, -0.25) is 23.7 Å². The van der Waals surface area contributed by atoms with Gasteiger partial charge in [0.1, 0.15) is 11.6 Å². The van der Waals surface area contributed by atoms with Crippen LogP contribution in [0.1, 0.15) is 22.6 Å². The van der Waals surface area contributed by atoms with Crippen molar-refractivity contribution in [2.75, 3.05) is 5.32 Å². The summed E-state index contributed by atoms with van der Waals surface area (Å²) in [6.07, 6.45) is 0. The average molecular weight is 369 g/mol. The van der Waals surface area contributed by atoms with Gasteiger partial charge in [0.05, 0.1) is 17.0 Å². The summed E-state index contributed by atoms with van der Waals surface area (Å²) < 4.78 is 2.56. The van der Waals surface area contributed by atoms with E-state index in [0.29, 0.717) is 22.8 Å². The van der Waals surface area contributed by atoms with Crippen LogP contribution in [0.3, 0.4) is 0 Å². The Kier molecular flexibility index (Phi) is 3.55. The number of aromatic amines is 2. The van der Waals surface area contributed by atoms with Gasteiger partial charge in [0, 0.05) is 14.1 Å². The normalized spacial score (nSPS) is 15.1. The molecule has 0 bridgehead atoms. The molecule has 1 aliphatic heterocycles. The van der Waals surface area contributed by atoms with Crippen LogP contribution in [-0.2, 0) is 14.1 Å². The predicted octanol–water partition coefficient (Wildman–Crippen LogP) is 1.07. The van der Waals surface area contributed by atoms with Crippen molar-refractivity contribution in [3.8, 4) is 0 Å². The molecule has 2 aromatic heterocycles. The number of aromatic nitrogens is 4. The van der Waals surface area contributed by atoms with E-state index < -0.39 is 17.2 Å². The maximum atomic E-state index is 12.9. The maximum Gasteiger partial charge on any atom is 0.332 e. The molecule has 3 aromatic rings. The van der Waals surface area contributed by atoms with Gasteiger partial charge in [0.2, 0.25) is 0 Å². The number of fused-ring (bicyclic) bond motifs is 2. The van der Waals surface area contributed by atoms with Crippen LogP contribution in [0.2, 0.25) is 0 Å². The van der Waals surface area contributed by atoms with E-state index in [0.717, 1.165) is 10.1 Å². The third kappa shape index (κ3) is 2.21. The fourth-order valence-corrected chi connectivity index (χ4v) is 3.59. The van der Waals surface area contributed by atoms with Crippen LogP contribution in [-0.4, -0.2) is 19.1 Å². The second kappa shape index (κ2) is 5.67. The molecule has 0 spiro atoms. The summed E-state index contributed by atoms with van der Waals surface area (Å²) in [6.45, 7) is 0. The minimum absolute atomic E-state index is 0.158. The Hall–Kier alpha value is -3.20. The minimum atomic E-state index is -0.636. The van der Waals surface area contributed by atoms with Gasteiger partial charge in [0.15, 0.2) is 4.77 Å². The zero-order valence-corrected chi connectivity index (χ0v) is 14.8. The summed E-state index contributed by atoms with van der Waals surface area (Å²) >= 11 is 5.06. The van der Waals surface area contributed by atoms with Crippen molar-refractivity contribution in [2.24, 2.45) is 14.1 Å². The summed E-state index contributed by atoms with van der Waals surface area (Å²) in [7, 11) is 2.99. The highest BCUT2D eigenvalue weighted by molar-refractivity contribution is 7.71. The van der Waals surface area contributed by atoms with Crippen LogP contribution in [0.15, 0.2) is 44.7 Å². The quantitative estimate of drug-likeness (QED) is 0.435.